The second kappa shape index (κ2) is 8.28. The van der Waals surface area contributed by atoms with Crippen LogP contribution in [0.3, 0.4) is 0 Å². The quantitative estimate of drug-likeness (QED) is 0.818. The van der Waals surface area contributed by atoms with Crippen LogP contribution in [0.4, 0.5) is 4.39 Å². The molecular weight excluding hydrogens is 325 g/mol. The number of amides is 1. The van der Waals surface area contributed by atoms with Crippen LogP contribution < -0.4 is 10.1 Å². The van der Waals surface area contributed by atoms with Gasteiger partial charge in [-0.25, -0.2) is 9.18 Å². The highest BCUT2D eigenvalue weighted by Gasteiger charge is 2.19. The first kappa shape index (κ1) is 18.4. The molecule has 0 aliphatic rings. The van der Waals surface area contributed by atoms with E-state index in [2.05, 4.69) is 5.32 Å². The number of esters is 1. The van der Waals surface area contributed by atoms with E-state index in [1.54, 1.807) is 20.1 Å². The van der Waals surface area contributed by atoms with Crippen LogP contribution in [0.25, 0.3) is 0 Å². The zero-order valence-electron chi connectivity index (χ0n) is 14.3. The second-order valence-electron chi connectivity index (χ2n) is 5.54. The number of methoxy groups -OCH3 is 1. The number of para-hydroxylation sites is 1. The maximum atomic E-state index is 13.5. The Morgan fingerprint density at radius 1 is 1.20 bits per heavy atom. The molecule has 0 bridgehead atoms. The predicted octanol–water partition coefficient (Wildman–Crippen LogP) is 3.00. The first-order valence-electron chi connectivity index (χ1n) is 7.79. The number of carbonyl (C=O) groups is 2. The van der Waals surface area contributed by atoms with Crippen molar-refractivity contribution >= 4 is 11.9 Å². The number of ether oxygens (including phenoxy) is 2. The van der Waals surface area contributed by atoms with Gasteiger partial charge in [0, 0.05) is 12.1 Å². The Labute approximate surface area is 145 Å². The lowest BCUT2D eigenvalue weighted by molar-refractivity contribution is -0.129. The Morgan fingerprint density at radius 2 is 1.92 bits per heavy atom. The standard InChI is InChI=1S/C19H20FNO4/c1-12-8-9-14(10-16(12)20)19(23)25-13(2)18(22)21-11-15-6-4-5-7-17(15)24-3/h4-10,13H,11H2,1-3H3,(H,21,22)/t13-/m0/s1. The third-order valence-electron chi connectivity index (χ3n) is 3.71. The lowest BCUT2D eigenvalue weighted by Gasteiger charge is -2.15. The van der Waals surface area contributed by atoms with Crippen molar-refractivity contribution < 1.29 is 23.5 Å². The van der Waals surface area contributed by atoms with E-state index in [0.717, 1.165) is 11.6 Å². The van der Waals surface area contributed by atoms with Crippen LogP contribution in [0.2, 0.25) is 0 Å². The zero-order chi connectivity index (χ0) is 18.4. The minimum Gasteiger partial charge on any atom is -0.496 e. The van der Waals surface area contributed by atoms with E-state index in [-0.39, 0.29) is 12.1 Å². The fourth-order valence-electron chi connectivity index (χ4n) is 2.18. The van der Waals surface area contributed by atoms with Crippen LogP contribution >= 0.6 is 0 Å². The van der Waals surface area contributed by atoms with Gasteiger partial charge in [-0.1, -0.05) is 24.3 Å². The molecule has 2 rings (SSSR count). The number of aryl methyl sites for hydroxylation is 1. The molecule has 0 spiro atoms. The SMILES string of the molecule is COc1ccccc1CNC(=O)[C@H](C)OC(=O)c1ccc(C)c(F)c1. The lowest BCUT2D eigenvalue weighted by Crippen LogP contribution is -2.35. The highest BCUT2D eigenvalue weighted by Crippen LogP contribution is 2.17. The number of rotatable bonds is 6. The number of halogens is 1. The molecule has 0 unspecified atom stereocenters. The van der Waals surface area contributed by atoms with Crippen molar-refractivity contribution in [1.29, 1.82) is 0 Å². The first-order valence-corrected chi connectivity index (χ1v) is 7.79. The van der Waals surface area contributed by atoms with E-state index < -0.39 is 23.8 Å². The Hall–Kier alpha value is -2.89. The summed E-state index contributed by atoms with van der Waals surface area (Å²) < 4.78 is 23.8. The monoisotopic (exact) mass is 345 g/mol. The Balaban J connectivity index is 1.93. The smallest absolute Gasteiger partial charge is 0.339 e. The van der Waals surface area contributed by atoms with Gasteiger partial charge in [0.1, 0.15) is 11.6 Å². The molecule has 5 nitrogen and oxygen atoms in total. The topological polar surface area (TPSA) is 64.6 Å². The van der Waals surface area contributed by atoms with Gasteiger partial charge in [0.25, 0.3) is 5.91 Å². The number of benzene rings is 2. The lowest BCUT2D eigenvalue weighted by atomic mass is 10.1. The fraction of sp³-hybridized carbons (Fsp3) is 0.263. The average Bonchev–Trinajstić information content (AvgIpc) is 2.61. The third kappa shape index (κ3) is 4.79. The number of carbonyl (C=O) groups excluding carboxylic acids is 2. The minimum atomic E-state index is -1.01. The van der Waals surface area contributed by atoms with E-state index >= 15 is 0 Å². The second-order valence-corrected chi connectivity index (χ2v) is 5.54. The van der Waals surface area contributed by atoms with Crippen molar-refractivity contribution in [2.75, 3.05) is 7.11 Å². The summed E-state index contributed by atoms with van der Waals surface area (Å²) in [5, 5.41) is 2.68. The van der Waals surface area contributed by atoms with Gasteiger partial charge in [-0.2, -0.15) is 0 Å². The van der Waals surface area contributed by atoms with E-state index in [1.165, 1.54) is 19.1 Å². The average molecular weight is 345 g/mol. The Bertz CT molecular complexity index is 776. The molecule has 1 N–H and O–H groups in total. The maximum Gasteiger partial charge on any atom is 0.339 e. The maximum absolute atomic E-state index is 13.5. The highest BCUT2D eigenvalue weighted by atomic mass is 19.1. The molecular formula is C19H20FNO4. The van der Waals surface area contributed by atoms with E-state index in [0.29, 0.717) is 11.3 Å². The summed E-state index contributed by atoms with van der Waals surface area (Å²) in [4.78, 5) is 24.1. The summed E-state index contributed by atoms with van der Waals surface area (Å²) >= 11 is 0. The van der Waals surface area contributed by atoms with Gasteiger partial charge in [-0.15, -0.1) is 0 Å². The molecule has 0 radical (unpaired) electrons. The normalized spacial score (nSPS) is 11.5. The molecule has 6 heteroatoms. The predicted molar refractivity (Wildman–Crippen MR) is 90.9 cm³/mol. The summed E-state index contributed by atoms with van der Waals surface area (Å²) in [6.07, 6.45) is -1.01. The summed E-state index contributed by atoms with van der Waals surface area (Å²) in [6.45, 7) is 3.29. The molecule has 0 aliphatic heterocycles. The largest absolute Gasteiger partial charge is 0.496 e. The Kier molecular flexibility index (Phi) is 6.11. The molecule has 0 saturated heterocycles. The minimum absolute atomic E-state index is 0.0625. The van der Waals surface area contributed by atoms with Crippen LogP contribution in [-0.4, -0.2) is 25.1 Å². The summed E-state index contributed by atoms with van der Waals surface area (Å²) in [5.74, 6) is -1.05. The van der Waals surface area contributed by atoms with Crippen LogP contribution in [0.5, 0.6) is 5.75 Å². The van der Waals surface area contributed by atoms with Crippen molar-refractivity contribution in [2.24, 2.45) is 0 Å². The molecule has 0 fully saturated rings. The van der Waals surface area contributed by atoms with Gasteiger partial charge >= 0.3 is 5.97 Å². The molecule has 132 valence electrons. The van der Waals surface area contributed by atoms with Gasteiger partial charge in [-0.3, -0.25) is 4.79 Å². The van der Waals surface area contributed by atoms with Crippen LogP contribution in [0, 0.1) is 12.7 Å². The molecule has 25 heavy (non-hydrogen) atoms. The van der Waals surface area contributed by atoms with Crippen LogP contribution in [-0.2, 0) is 16.1 Å². The summed E-state index contributed by atoms with van der Waals surface area (Å²) in [5.41, 5.74) is 1.30. The van der Waals surface area contributed by atoms with Crippen LogP contribution in [0.1, 0.15) is 28.4 Å². The first-order chi connectivity index (χ1) is 11.9. The van der Waals surface area contributed by atoms with Crippen molar-refractivity contribution in [3.63, 3.8) is 0 Å². The van der Waals surface area contributed by atoms with E-state index in [1.807, 2.05) is 18.2 Å². The summed E-state index contributed by atoms with van der Waals surface area (Å²) in [6, 6.07) is 11.3. The molecule has 1 amide bonds. The van der Waals surface area contributed by atoms with Gasteiger partial charge in [-0.05, 0) is 37.6 Å². The van der Waals surface area contributed by atoms with Gasteiger partial charge in [0.15, 0.2) is 6.10 Å². The van der Waals surface area contributed by atoms with Crippen molar-refractivity contribution in [3.05, 3.63) is 65.0 Å². The summed E-state index contributed by atoms with van der Waals surface area (Å²) in [7, 11) is 1.55. The van der Waals surface area contributed by atoms with Crippen molar-refractivity contribution in [1.82, 2.24) is 5.32 Å². The molecule has 0 saturated carbocycles. The molecule has 2 aromatic carbocycles. The van der Waals surface area contributed by atoms with E-state index in [9.17, 15) is 14.0 Å². The van der Waals surface area contributed by atoms with Crippen molar-refractivity contribution in [2.45, 2.75) is 26.5 Å². The molecule has 0 aromatic heterocycles. The van der Waals surface area contributed by atoms with Gasteiger partial charge < -0.3 is 14.8 Å². The molecule has 0 aliphatic carbocycles. The van der Waals surface area contributed by atoms with Gasteiger partial charge in [0.2, 0.25) is 0 Å². The fourth-order valence-corrected chi connectivity index (χ4v) is 2.18. The third-order valence-corrected chi connectivity index (χ3v) is 3.71. The van der Waals surface area contributed by atoms with Gasteiger partial charge in [0.05, 0.1) is 12.7 Å². The molecule has 0 heterocycles. The number of nitrogens with one attached hydrogen (secondary N) is 1. The van der Waals surface area contributed by atoms with E-state index in [4.69, 9.17) is 9.47 Å². The zero-order valence-corrected chi connectivity index (χ0v) is 14.3. The van der Waals surface area contributed by atoms with Crippen molar-refractivity contribution in [3.8, 4) is 5.75 Å². The highest BCUT2D eigenvalue weighted by molar-refractivity contribution is 5.92. The Morgan fingerprint density at radius 3 is 2.60 bits per heavy atom. The van der Waals surface area contributed by atoms with Crippen LogP contribution in [0.15, 0.2) is 42.5 Å². The molecule has 1 atom stereocenters. The number of hydrogen-bond donors (Lipinski definition) is 1. The number of hydrogen-bond acceptors (Lipinski definition) is 4. The molecule has 2 aromatic rings.